The van der Waals surface area contributed by atoms with Gasteiger partial charge >= 0.3 is 0 Å². The molecule has 0 radical (unpaired) electrons. The number of amides is 2. The fraction of sp³-hybridized carbons (Fsp3) is 0.167. The predicted octanol–water partition coefficient (Wildman–Crippen LogP) is 4.76. The van der Waals surface area contributed by atoms with Gasteiger partial charge in [-0.2, -0.15) is 0 Å². The number of benzene rings is 3. The Morgan fingerprint density at radius 1 is 1.00 bits per heavy atom. The number of carbonyl (C=O) groups is 2. The maximum Gasteiger partial charge on any atom is 0.270 e. The molecule has 2 amide bonds. The number of nitro benzene ring substituents is 1. The highest BCUT2D eigenvalue weighted by Gasteiger charge is 2.19. The van der Waals surface area contributed by atoms with Gasteiger partial charge in [0.15, 0.2) is 0 Å². The fourth-order valence-electron chi connectivity index (χ4n) is 3.17. The lowest BCUT2D eigenvalue weighted by atomic mass is 10.1. The number of rotatable bonds is 8. The minimum atomic E-state index is -0.594. The van der Waals surface area contributed by atoms with Crippen LogP contribution >= 0.6 is 11.6 Å². The Morgan fingerprint density at radius 2 is 1.67 bits per heavy atom. The molecule has 170 valence electrons. The number of non-ortho nitro benzene ring substituents is 1. The van der Waals surface area contributed by atoms with E-state index in [-0.39, 0.29) is 28.2 Å². The van der Waals surface area contributed by atoms with Crippen molar-refractivity contribution in [3.63, 3.8) is 0 Å². The van der Waals surface area contributed by atoms with E-state index in [0.717, 1.165) is 11.8 Å². The second-order valence-corrected chi connectivity index (χ2v) is 7.83. The van der Waals surface area contributed by atoms with Gasteiger partial charge in [-0.05, 0) is 37.3 Å². The zero-order valence-corrected chi connectivity index (χ0v) is 18.9. The number of carbonyl (C=O) groups excluding carboxylic acids is 2. The summed E-state index contributed by atoms with van der Waals surface area (Å²) >= 11 is 6.05. The first-order chi connectivity index (χ1) is 15.8. The molecule has 0 aromatic heterocycles. The molecule has 3 rings (SSSR count). The smallest absolute Gasteiger partial charge is 0.270 e. The third-order valence-corrected chi connectivity index (χ3v) is 5.52. The van der Waals surface area contributed by atoms with Gasteiger partial charge in [0, 0.05) is 37.5 Å². The van der Waals surface area contributed by atoms with E-state index in [1.54, 1.807) is 24.3 Å². The molecule has 2 N–H and O–H groups in total. The first-order valence-corrected chi connectivity index (χ1v) is 10.6. The largest absolute Gasteiger partial charge is 0.370 e. The molecule has 9 heteroatoms. The molecule has 0 heterocycles. The normalized spacial score (nSPS) is 11.4. The van der Waals surface area contributed by atoms with Crippen LogP contribution in [0, 0.1) is 10.1 Å². The van der Waals surface area contributed by atoms with Crippen LogP contribution in [-0.4, -0.2) is 36.4 Å². The second-order valence-electron chi connectivity index (χ2n) is 7.43. The van der Waals surface area contributed by atoms with Crippen LogP contribution in [0.2, 0.25) is 5.02 Å². The highest BCUT2D eigenvalue weighted by atomic mass is 35.5. The summed E-state index contributed by atoms with van der Waals surface area (Å²) in [6, 6.07) is 20.0. The first-order valence-electron chi connectivity index (χ1n) is 10.2. The summed E-state index contributed by atoms with van der Waals surface area (Å²) in [5, 5.41) is 16.4. The van der Waals surface area contributed by atoms with Crippen molar-refractivity contribution < 1.29 is 14.5 Å². The maximum absolute atomic E-state index is 12.9. The van der Waals surface area contributed by atoms with Gasteiger partial charge in [-0.1, -0.05) is 41.9 Å². The molecule has 1 unspecified atom stereocenters. The number of nitrogens with zero attached hydrogens (tertiary/aromatic N) is 2. The summed E-state index contributed by atoms with van der Waals surface area (Å²) in [5.41, 5.74) is 1.48. The summed E-state index contributed by atoms with van der Waals surface area (Å²) in [7, 11) is 1.95. The van der Waals surface area contributed by atoms with Crippen LogP contribution in [0.5, 0.6) is 0 Å². The van der Waals surface area contributed by atoms with Crippen molar-refractivity contribution in [3.8, 4) is 0 Å². The summed E-state index contributed by atoms with van der Waals surface area (Å²) in [6.45, 7) is 2.39. The van der Waals surface area contributed by atoms with E-state index >= 15 is 0 Å². The second kappa shape index (κ2) is 10.6. The Hall–Kier alpha value is -3.91. The number of hydrogen-bond donors (Lipinski definition) is 2. The Labute approximate surface area is 196 Å². The molecular formula is C24H23ClN4O4. The average molecular weight is 467 g/mol. The monoisotopic (exact) mass is 466 g/mol. The zero-order chi connectivity index (χ0) is 24.0. The lowest BCUT2D eigenvalue weighted by Crippen LogP contribution is -2.40. The highest BCUT2D eigenvalue weighted by Crippen LogP contribution is 2.24. The van der Waals surface area contributed by atoms with E-state index in [4.69, 9.17) is 11.6 Å². The lowest BCUT2D eigenvalue weighted by Gasteiger charge is -2.27. The molecule has 33 heavy (non-hydrogen) atoms. The minimum Gasteiger partial charge on any atom is -0.370 e. The van der Waals surface area contributed by atoms with Crippen molar-refractivity contribution >= 4 is 40.5 Å². The lowest BCUT2D eigenvalue weighted by molar-refractivity contribution is -0.384. The standard InChI is InChI=1S/C24H23ClN4O4/c1-16(28(2)17-8-4-3-5-9-17)15-26-23(30)20-10-6-7-11-22(20)27-24(31)19-13-12-18(29(32)33)14-21(19)25/h3-14,16H,15H2,1-2H3,(H,26,30)(H,27,31). The van der Waals surface area contributed by atoms with Crippen LogP contribution in [0.4, 0.5) is 17.1 Å². The fourth-order valence-corrected chi connectivity index (χ4v) is 3.43. The number of halogens is 1. The summed E-state index contributed by atoms with van der Waals surface area (Å²) < 4.78 is 0. The number of para-hydroxylation sites is 2. The van der Waals surface area contributed by atoms with Gasteiger partial charge in [-0.3, -0.25) is 19.7 Å². The molecule has 0 aliphatic carbocycles. The SMILES string of the molecule is CC(CNC(=O)c1ccccc1NC(=O)c1ccc([N+](=O)[O-])cc1Cl)N(C)c1ccccc1. The summed E-state index contributed by atoms with van der Waals surface area (Å²) in [6.07, 6.45) is 0. The summed E-state index contributed by atoms with van der Waals surface area (Å²) in [4.78, 5) is 37.9. The van der Waals surface area contributed by atoms with E-state index in [2.05, 4.69) is 15.5 Å². The first kappa shape index (κ1) is 23.7. The van der Waals surface area contributed by atoms with E-state index < -0.39 is 10.8 Å². The molecule has 8 nitrogen and oxygen atoms in total. The van der Waals surface area contributed by atoms with E-state index in [1.807, 2.05) is 44.3 Å². The van der Waals surface area contributed by atoms with Crippen molar-refractivity contribution in [1.82, 2.24) is 5.32 Å². The molecule has 3 aromatic rings. The van der Waals surface area contributed by atoms with Gasteiger partial charge < -0.3 is 15.5 Å². The van der Waals surface area contributed by atoms with Crippen LogP contribution in [0.25, 0.3) is 0 Å². The van der Waals surface area contributed by atoms with Gasteiger partial charge in [0.2, 0.25) is 0 Å². The van der Waals surface area contributed by atoms with Gasteiger partial charge in [0.05, 0.1) is 26.8 Å². The third kappa shape index (κ3) is 5.87. The Bertz CT molecular complexity index is 1170. The van der Waals surface area contributed by atoms with Crippen molar-refractivity contribution in [3.05, 3.63) is 99.1 Å². The van der Waals surface area contributed by atoms with Crippen molar-refractivity contribution in [2.45, 2.75) is 13.0 Å². The molecule has 0 aliphatic rings. The molecule has 0 spiro atoms. The molecule has 0 fully saturated rings. The third-order valence-electron chi connectivity index (χ3n) is 5.21. The number of likely N-dealkylation sites (N-methyl/N-ethyl adjacent to an activating group) is 1. The molecular weight excluding hydrogens is 444 g/mol. The van der Waals surface area contributed by atoms with Crippen LogP contribution in [-0.2, 0) is 0 Å². The minimum absolute atomic E-state index is 0.0250. The van der Waals surface area contributed by atoms with Crippen molar-refractivity contribution in [2.24, 2.45) is 0 Å². The molecule has 3 aromatic carbocycles. The van der Waals surface area contributed by atoms with Crippen LogP contribution in [0.15, 0.2) is 72.8 Å². The van der Waals surface area contributed by atoms with Gasteiger partial charge in [-0.25, -0.2) is 0 Å². The average Bonchev–Trinajstić information content (AvgIpc) is 2.82. The number of hydrogen-bond acceptors (Lipinski definition) is 5. The zero-order valence-electron chi connectivity index (χ0n) is 18.1. The van der Waals surface area contributed by atoms with E-state index in [0.29, 0.717) is 17.8 Å². The molecule has 0 bridgehead atoms. The van der Waals surface area contributed by atoms with Crippen LogP contribution in [0.1, 0.15) is 27.6 Å². The van der Waals surface area contributed by atoms with E-state index in [1.165, 1.54) is 12.1 Å². The van der Waals surface area contributed by atoms with Crippen molar-refractivity contribution in [1.29, 1.82) is 0 Å². The summed E-state index contributed by atoms with van der Waals surface area (Å²) in [5.74, 6) is -0.915. The quantitative estimate of drug-likeness (QED) is 0.368. The number of nitro groups is 1. The number of nitrogens with one attached hydrogen (secondary N) is 2. The Morgan fingerprint density at radius 3 is 2.33 bits per heavy atom. The van der Waals surface area contributed by atoms with Crippen LogP contribution in [0.3, 0.4) is 0 Å². The Kier molecular flexibility index (Phi) is 7.63. The Balaban J connectivity index is 1.69. The van der Waals surface area contributed by atoms with Crippen molar-refractivity contribution in [2.75, 3.05) is 23.8 Å². The molecule has 0 saturated carbocycles. The molecule has 1 atom stereocenters. The number of anilines is 2. The predicted molar refractivity (Wildman–Crippen MR) is 129 cm³/mol. The van der Waals surface area contributed by atoms with Crippen LogP contribution < -0.4 is 15.5 Å². The maximum atomic E-state index is 12.9. The van der Waals surface area contributed by atoms with Gasteiger partial charge in [-0.15, -0.1) is 0 Å². The molecule has 0 aliphatic heterocycles. The highest BCUT2D eigenvalue weighted by molar-refractivity contribution is 6.34. The van der Waals surface area contributed by atoms with Gasteiger partial charge in [0.1, 0.15) is 0 Å². The molecule has 0 saturated heterocycles. The van der Waals surface area contributed by atoms with Gasteiger partial charge in [0.25, 0.3) is 17.5 Å². The topological polar surface area (TPSA) is 105 Å². The van der Waals surface area contributed by atoms with E-state index in [9.17, 15) is 19.7 Å².